The van der Waals surface area contributed by atoms with Gasteiger partial charge >= 0.3 is 0 Å². The van der Waals surface area contributed by atoms with Crippen LogP contribution in [0.3, 0.4) is 0 Å². The van der Waals surface area contributed by atoms with Crippen molar-refractivity contribution in [1.29, 1.82) is 0 Å². The second-order valence-corrected chi connectivity index (χ2v) is 5.43. The number of aliphatic imine (C=N–C) groups is 1. The highest BCUT2D eigenvalue weighted by molar-refractivity contribution is 14.0. The molecule has 2 N–H and O–H groups in total. The molecule has 23 heavy (non-hydrogen) atoms. The van der Waals surface area contributed by atoms with Crippen molar-refractivity contribution in [2.45, 2.75) is 19.9 Å². The number of nitrogens with zero attached hydrogens (tertiary/aromatic N) is 2. The summed E-state index contributed by atoms with van der Waals surface area (Å²) in [4.78, 5) is 8.59. The van der Waals surface area contributed by atoms with Crippen LogP contribution in [0.5, 0.6) is 0 Å². The summed E-state index contributed by atoms with van der Waals surface area (Å²) in [6, 6.07) is 11.9. The van der Waals surface area contributed by atoms with Gasteiger partial charge in [0.25, 0.3) is 0 Å². The van der Waals surface area contributed by atoms with Crippen LogP contribution < -0.4 is 10.6 Å². The largest absolute Gasteiger partial charge is 0.356 e. The van der Waals surface area contributed by atoms with Gasteiger partial charge in [0.15, 0.2) is 5.96 Å². The van der Waals surface area contributed by atoms with Crippen molar-refractivity contribution in [3.05, 3.63) is 64.4 Å². The van der Waals surface area contributed by atoms with E-state index in [0.717, 1.165) is 29.6 Å². The third-order valence-electron chi connectivity index (χ3n) is 3.38. The van der Waals surface area contributed by atoms with E-state index >= 15 is 0 Å². The molecule has 0 unspecified atom stereocenters. The third-order valence-corrected chi connectivity index (χ3v) is 3.64. The molecular formula is C17H22ClIN4. The molecule has 124 valence electrons. The zero-order valence-electron chi connectivity index (χ0n) is 13.3. The highest BCUT2D eigenvalue weighted by Gasteiger charge is 2.01. The fourth-order valence-electron chi connectivity index (χ4n) is 2.07. The molecule has 0 atom stereocenters. The Hall–Kier alpha value is -1.34. The lowest BCUT2D eigenvalue weighted by Crippen LogP contribution is -2.38. The van der Waals surface area contributed by atoms with E-state index in [4.69, 9.17) is 11.6 Å². The summed E-state index contributed by atoms with van der Waals surface area (Å²) in [5.41, 5.74) is 3.45. The summed E-state index contributed by atoms with van der Waals surface area (Å²) in [5, 5.41) is 7.34. The van der Waals surface area contributed by atoms with Crippen LogP contribution in [-0.4, -0.2) is 24.5 Å². The van der Waals surface area contributed by atoms with E-state index in [1.54, 1.807) is 13.2 Å². The van der Waals surface area contributed by atoms with E-state index in [2.05, 4.69) is 33.6 Å². The van der Waals surface area contributed by atoms with Crippen molar-refractivity contribution in [1.82, 2.24) is 15.6 Å². The molecule has 0 amide bonds. The lowest BCUT2D eigenvalue weighted by molar-refractivity contribution is 0.780. The van der Waals surface area contributed by atoms with Crippen molar-refractivity contribution in [3.8, 4) is 0 Å². The SMILES string of the molecule is CN=C(NCCc1ccc(Cl)cc1)NCc1ncccc1C.I. The third kappa shape index (κ3) is 6.74. The average molecular weight is 445 g/mol. The van der Waals surface area contributed by atoms with Crippen LogP contribution in [0, 0.1) is 6.92 Å². The summed E-state index contributed by atoms with van der Waals surface area (Å²) < 4.78 is 0. The molecular weight excluding hydrogens is 423 g/mol. The number of aryl methyl sites for hydroxylation is 1. The number of hydrogen-bond acceptors (Lipinski definition) is 2. The Balaban J connectivity index is 0.00000264. The van der Waals surface area contributed by atoms with Crippen molar-refractivity contribution in [3.63, 3.8) is 0 Å². The molecule has 1 aromatic heterocycles. The van der Waals surface area contributed by atoms with Crippen molar-refractivity contribution in [2.75, 3.05) is 13.6 Å². The number of benzene rings is 1. The first-order valence-corrected chi connectivity index (χ1v) is 7.66. The van der Waals surface area contributed by atoms with Gasteiger partial charge in [0.05, 0.1) is 12.2 Å². The molecule has 0 saturated heterocycles. The van der Waals surface area contributed by atoms with Gasteiger partial charge < -0.3 is 10.6 Å². The number of aromatic nitrogens is 1. The van der Waals surface area contributed by atoms with Crippen molar-refractivity contribution in [2.24, 2.45) is 4.99 Å². The van der Waals surface area contributed by atoms with Crippen molar-refractivity contribution < 1.29 is 0 Å². The summed E-state index contributed by atoms with van der Waals surface area (Å²) in [6.45, 7) is 3.52. The highest BCUT2D eigenvalue weighted by Crippen LogP contribution is 2.09. The molecule has 0 aliphatic heterocycles. The molecule has 4 nitrogen and oxygen atoms in total. The number of pyridine rings is 1. The maximum Gasteiger partial charge on any atom is 0.191 e. The quantitative estimate of drug-likeness (QED) is 0.421. The van der Waals surface area contributed by atoms with Crippen molar-refractivity contribution >= 4 is 41.5 Å². The minimum atomic E-state index is 0. The molecule has 0 spiro atoms. The lowest BCUT2D eigenvalue weighted by atomic mass is 10.1. The van der Waals surface area contributed by atoms with Crippen LogP contribution in [0.1, 0.15) is 16.8 Å². The van der Waals surface area contributed by atoms with Crippen LogP contribution in [0.25, 0.3) is 0 Å². The molecule has 0 fully saturated rings. The summed E-state index contributed by atoms with van der Waals surface area (Å²) in [7, 11) is 1.77. The van der Waals surface area contributed by atoms with Crippen LogP contribution in [-0.2, 0) is 13.0 Å². The van der Waals surface area contributed by atoms with Gasteiger partial charge in [-0.1, -0.05) is 29.8 Å². The van der Waals surface area contributed by atoms with E-state index in [9.17, 15) is 0 Å². The maximum atomic E-state index is 5.88. The van der Waals surface area contributed by atoms with Gasteiger partial charge in [0, 0.05) is 24.8 Å². The summed E-state index contributed by atoms with van der Waals surface area (Å²) >= 11 is 5.88. The Morgan fingerprint density at radius 2 is 1.91 bits per heavy atom. The molecule has 2 aromatic rings. The summed E-state index contributed by atoms with van der Waals surface area (Å²) in [6.07, 6.45) is 2.72. The number of nitrogens with one attached hydrogen (secondary N) is 2. The minimum Gasteiger partial charge on any atom is -0.356 e. The molecule has 1 aromatic carbocycles. The Bertz CT molecular complexity index is 629. The van der Waals surface area contributed by atoms with Gasteiger partial charge in [-0.25, -0.2) is 0 Å². The van der Waals surface area contributed by atoms with E-state index < -0.39 is 0 Å². The predicted octanol–water partition coefficient (Wildman–Crippen LogP) is 3.57. The van der Waals surface area contributed by atoms with Crippen LogP contribution in [0.15, 0.2) is 47.6 Å². The second kappa shape index (κ2) is 10.4. The molecule has 0 saturated carbocycles. The molecule has 0 bridgehead atoms. The monoisotopic (exact) mass is 444 g/mol. The molecule has 0 radical (unpaired) electrons. The minimum absolute atomic E-state index is 0. The summed E-state index contributed by atoms with van der Waals surface area (Å²) in [5.74, 6) is 0.777. The van der Waals surface area contributed by atoms with Gasteiger partial charge in [0.2, 0.25) is 0 Å². The van der Waals surface area contributed by atoms with Gasteiger partial charge in [0.1, 0.15) is 0 Å². The van der Waals surface area contributed by atoms with Gasteiger partial charge in [-0.3, -0.25) is 9.98 Å². The zero-order chi connectivity index (χ0) is 15.8. The number of rotatable bonds is 5. The van der Waals surface area contributed by atoms with Gasteiger partial charge in [-0.05, 0) is 42.7 Å². The van der Waals surface area contributed by atoms with E-state index in [-0.39, 0.29) is 24.0 Å². The normalized spacial score (nSPS) is 10.8. The number of halogens is 2. The van der Waals surface area contributed by atoms with Gasteiger partial charge in [-0.15, -0.1) is 24.0 Å². The van der Waals surface area contributed by atoms with Crippen LogP contribution in [0.2, 0.25) is 5.02 Å². The topological polar surface area (TPSA) is 49.3 Å². The maximum absolute atomic E-state index is 5.88. The fraction of sp³-hybridized carbons (Fsp3) is 0.294. The Kier molecular flexibility index (Phi) is 8.94. The second-order valence-electron chi connectivity index (χ2n) is 5.00. The number of guanidine groups is 1. The predicted molar refractivity (Wildman–Crippen MR) is 108 cm³/mol. The highest BCUT2D eigenvalue weighted by atomic mass is 127. The smallest absolute Gasteiger partial charge is 0.191 e. The molecule has 0 aliphatic carbocycles. The van der Waals surface area contributed by atoms with Crippen LogP contribution in [0.4, 0.5) is 0 Å². The molecule has 2 rings (SSSR count). The van der Waals surface area contributed by atoms with E-state index in [1.807, 2.05) is 30.3 Å². The van der Waals surface area contributed by atoms with E-state index in [1.165, 1.54) is 11.1 Å². The molecule has 6 heteroatoms. The number of hydrogen-bond donors (Lipinski definition) is 2. The first kappa shape index (κ1) is 19.7. The first-order chi connectivity index (χ1) is 10.7. The standard InChI is InChI=1S/C17H21ClN4.HI/c1-13-4-3-10-20-16(13)12-22-17(19-2)21-11-9-14-5-7-15(18)8-6-14;/h3-8,10H,9,11-12H2,1-2H3,(H2,19,21,22);1H. The lowest BCUT2D eigenvalue weighted by Gasteiger charge is -2.12. The molecule has 1 heterocycles. The Labute approximate surface area is 159 Å². The van der Waals surface area contributed by atoms with E-state index in [0.29, 0.717) is 6.54 Å². The van der Waals surface area contributed by atoms with Gasteiger partial charge in [-0.2, -0.15) is 0 Å². The first-order valence-electron chi connectivity index (χ1n) is 7.28. The zero-order valence-corrected chi connectivity index (χ0v) is 16.4. The fourth-order valence-corrected chi connectivity index (χ4v) is 2.19. The molecule has 0 aliphatic rings. The average Bonchev–Trinajstić information content (AvgIpc) is 2.54. The van der Waals surface area contributed by atoms with Crippen LogP contribution >= 0.6 is 35.6 Å². The Morgan fingerprint density at radius 3 is 2.57 bits per heavy atom. The Morgan fingerprint density at radius 1 is 1.17 bits per heavy atom.